The third-order valence-corrected chi connectivity index (χ3v) is 13.2. The highest BCUT2D eigenvalue weighted by atomic mass is 35.5. The molecule has 0 saturated heterocycles. The molecule has 1 aromatic carbocycles. The lowest BCUT2D eigenvalue weighted by molar-refractivity contribution is -0.929. The molecule has 0 atom stereocenters. The molecule has 4 N–H and O–H groups in total. The Morgan fingerprint density at radius 1 is 0.393 bits per heavy atom. The molecule has 0 spiro atoms. The molecule has 1 rings (SSSR count). The molecule has 1 aromatic rings. The van der Waals surface area contributed by atoms with Crippen molar-refractivity contribution >= 4 is 18.9 Å². The van der Waals surface area contributed by atoms with E-state index in [2.05, 4.69) is 32.3 Å². The van der Waals surface area contributed by atoms with Crippen LogP contribution in [0.25, 0.3) is 0 Å². The fourth-order valence-electron chi connectivity index (χ4n) is 9.04. The van der Waals surface area contributed by atoms with Crippen LogP contribution in [0.4, 0.5) is 0 Å². The van der Waals surface area contributed by atoms with Crippen LogP contribution in [0.1, 0.15) is 285 Å². The lowest BCUT2D eigenvalue weighted by Gasteiger charge is -2.40. The van der Waals surface area contributed by atoms with Crippen LogP contribution in [0.5, 0.6) is 5.75 Å². The van der Waals surface area contributed by atoms with Gasteiger partial charge in [-0.3, -0.25) is 0 Å². The number of benzene rings is 1. The van der Waals surface area contributed by atoms with E-state index >= 15 is 0 Å². The smallest absolute Gasteiger partial charge is 0.415 e. The summed E-state index contributed by atoms with van der Waals surface area (Å²) < 4.78 is 5.90. The summed E-state index contributed by atoms with van der Waals surface area (Å²) in [5, 5.41) is 18.9. The summed E-state index contributed by atoms with van der Waals surface area (Å²) in [7, 11) is -2.03. The number of quaternary nitrogens is 1. The number of unbranched alkanes of at least 4 members (excludes halogenated alkanes) is 36. The Kier molecular flexibility index (Phi) is 51.3. The van der Waals surface area contributed by atoms with Crippen LogP contribution in [0.2, 0.25) is 5.02 Å². The predicted molar refractivity (Wildman–Crippen MR) is 272 cm³/mol. The van der Waals surface area contributed by atoms with Crippen molar-refractivity contribution in [3.05, 3.63) is 29.3 Å². The van der Waals surface area contributed by atoms with Gasteiger partial charge in [0.15, 0.2) is 0 Å². The van der Waals surface area contributed by atoms with Crippen molar-refractivity contribution in [2.75, 3.05) is 26.2 Å². The van der Waals surface area contributed by atoms with Gasteiger partial charge in [0.05, 0.1) is 31.9 Å². The van der Waals surface area contributed by atoms with Gasteiger partial charge in [0.1, 0.15) is 0 Å². The minimum Gasteiger partial charge on any atom is -0.820 e. The largest absolute Gasteiger partial charge is 0.820 e. The first-order chi connectivity index (χ1) is 29.4. The standard InChI is InChI=1S/C48H100N.C6H5BClO3.H3N/c1-5-9-13-17-21-25-29-33-37-41-45-49(46-42-38-34-30-26-22-18-14-10-6-2,47-43-39-35-31-27-23-19-15-11-7-3)48-44-40-36-32-28-24-20-16-12-8-4;8-5-1-3-6(4-2-5)11-7(9)10;/h5-48H2,1-4H3;1-4,9H;1H3/q+1;-1;. The highest BCUT2D eigenvalue weighted by molar-refractivity contribution is 6.32. The third kappa shape index (κ3) is 45.6. The van der Waals surface area contributed by atoms with Crippen LogP contribution in [0.3, 0.4) is 0 Å². The molecule has 0 bridgehead atoms. The average molecular weight is 880 g/mol. The van der Waals surface area contributed by atoms with E-state index in [9.17, 15) is 5.02 Å². The molecule has 362 valence electrons. The van der Waals surface area contributed by atoms with E-state index in [0.29, 0.717) is 10.8 Å². The average Bonchev–Trinajstić information content (AvgIpc) is 3.24. The molecular weight excluding hydrogens is 771 g/mol. The third-order valence-electron chi connectivity index (χ3n) is 13.0. The Morgan fingerprint density at radius 3 is 0.787 bits per heavy atom. The van der Waals surface area contributed by atoms with E-state index in [0.717, 1.165) is 0 Å². The van der Waals surface area contributed by atoms with Gasteiger partial charge in [-0.25, -0.2) is 0 Å². The second-order valence-electron chi connectivity index (χ2n) is 18.8. The van der Waals surface area contributed by atoms with Gasteiger partial charge in [-0.15, -0.1) is 0 Å². The normalized spacial score (nSPS) is 11.3. The molecule has 5 nitrogen and oxygen atoms in total. The van der Waals surface area contributed by atoms with Gasteiger partial charge in [0.25, 0.3) is 0 Å². The SMILES string of the molecule is CCCCCCCCCCCC[N+](CCCCCCCCCCCC)(CCCCCCCCCCCC)CCCCCCCCCCCC.N.[O-]B(O)Oc1ccc(Cl)cc1. The van der Waals surface area contributed by atoms with Crippen molar-refractivity contribution in [3.8, 4) is 5.75 Å². The monoisotopic (exact) mass is 879 g/mol. The lowest BCUT2D eigenvalue weighted by Crippen LogP contribution is -2.50. The molecule has 61 heavy (non-hydrogen) atoms. The summed E-state index contributed by atoms with van der Waals surface area (Å²) >= 11 is 5.55. The molecule has 0 unspecified atom stereocenters. The molecule has 0 aliphatic rings. The Morgan fingerprint density at radius 2 is 0.590 bits per heavy atom. The molecule has 0 saturated carbocycles. The van der Waals surface area contributed by atoms with Crippen LogP contribution in [-0.4, -0.2) is 43.0 Å². The van der Waals surface area contributed by atoms with Crippen LogP contribution in [0.15, 0.2) is 24.3 Å². The lowest BCUT2D eigenvalue weighted by atomic mass is 10.0. The maximum atomic E-state index is 10.1. The Labute approximate surface area is 388 Å². The zero-order valence-electron chi connectivity index (χ0n) is 41.8. The minimum atomic E-state index is -2.03. The topological polar surface area (TPSA) is 87.5 Å². The van der Waals surface area contributed by atoms with Gasteiger partial charge in [-0.1, -0.05) is 245 Å². The van der Waals surface area contributed by atoms with E-state index in [1.807, 2.05) is 0 Å². The fourth-order valence-corrected chi connectivity index (χ4v) is 9.16. The number of rotatable bonds is 46. The van der Waals surface area contributed by atoms with E-state index in [4.69, 9.17) is 16.6 Å². The molecule has 0 heterocycles. The van der Waals surface area contributed by atoms with Gasteiger partial charge >= 0.3 is 7.32 Å². The summed E-state index contributed by atoms with van der Waals surface area (Å²) in [6.45, 7) is 15.3. The molecule has 0 radical (unpaired) electrons. The molecule has 0 fully saturated rings. The molecule has 0 aliphatic carbocycles. The van der Waals surface area contributed by atoms with Gasteiger partial charge < -0.3 is 25.3 Å². The fraction of sp³-hybridized carbons (Fsp3) is 0.889. The molecule has 7 heteroatoms. The van der Waals surface area contributed by atoms with Crippen molar-refractivity contribution in [2.24, 2.45) is 0 Å². The van der Waals surface area contributed by atoms with Crippen molar-refractivity contribution in [1.29, 1.82) is 0 Å². The zero-order valence-corrected chi connectivity index (χ0v) is 42.6. The van der Waals surface area contributed by atoms with E-state index in [1.165, 1.54) is 300 Å². The second kappa shape index (κ2) is 50.2. The van der Waals surface area contributed by atoms with Gasteiger partial charge in [0.2, 0.25) is 0 Å². The van der Waals surface area contributed by atoms with Crippen LogP contribution < -0.4 is 15.8 Å². The summed E-state index contributed by atoms with van der Waals surface area (Å²) in [6, 6.07) is 6.14. The second-order valence-corrected chi connectivity index (χ2v) is 19.3. The highest BCUT2D eigenvalue weighted by Gasteiger charge is 2.25. The first kappa shape index (κ1) is 62.3. The summed E-state index contributed by atoms with van der Waals surface area (Å²) in [4.78, 5) is 0. The number of halogens is 1. The van der Waals surface area contributed by atoms with Crippen molar-refractivity contribution in [3.63, 3.8) is 0 Å². The Bertz CT molecular complexity index is 851. The van der Waals surface area contributed by atoms with Crippen molar-refractivity contribution in [1.82, 2.24) is 6.15 Å². The molecule has 0 aromatic heterocycles. The van der Waals surface area contributed by atoms with Gasteiger partial charge in [-0.05, 0) is 75.6 Å². The van der Waals surface area contributed by atoms with Crippen LogP contribution in [0, 0.1) is 0 Å². The number of nitrogens with zero attached hydrogens (tertiary/aromatic N) is 1. The molecular formula is C54H108BClN2O3. The van der Waals surface area contributed by atoms with Crippen molar-refractivity contribution < 1.29 is 19.2 Å². The van der Waals surface area contributed by atoms with E-state index in [-0.39, 0.29) is 6.15 Å². The maximum absolute atomic E-state index is 10.1. The maximum Gasteiger partial charge on any atom is 0.415 e. The number of hydrogen-bond acceptors (Lipinski definition) is 4. The zero-order chi connectivity index (χ0) is 43.9. The minimum absolute atomic E-state index is 0. The number of hydrogen-bond donors (Lipinski definition) is 2. The summed E-state index contributed by atoms with van der Waals surface area (Å²) in [6.07, 6.45) is 58.7. The first-order valence-corrected chi connectivity index (χ1v) is 27.4. The summed E-state index contributed by atoms with van der Waals surface area (Å²) in [5.41, 5.74) is 0. The van der Waals surface area contributed by atoms with E-state index in [1.54, 1.807) is 12.1 Å². The van der Waals surface area contributed by atoms with Crippen LogP contribution in [-0.2, 0) is 0 Å². The highest BCUT2D eigenvalue weighted by Crippen LogP contribution is 2.22. The van der Waals surface area contributed by atoms with Gasteiger partial charge in [0, 0.05) is 5.02 Å². The summed E-state index contributed by atoms with van der Waals surface area (Å²) in [5.74, 6) is 0.303. The van der Waals surface area contributed by atoms with E-state index < -0.39 is 7.32 Å². The van der Waals surface area contributed by atoms with Crippen LogP contribution >= 0.6 is 11.6 Å². The quantitative estimate of drug-likeness (QED) is 0.0388. The first-order valence-electron chi connectivity index (χ1n) is 27.0. The molecule has 0 aliphatic heterocycles. The predicted octanol–water partition coefficient (Wildman–Crippen LogP) is 17.7. The molecule has 0 amide bonds. The Balaban J connectivity index is 0. The Hall–Kier alpha value is -0.785. The van der Waals surface area contributed by atoms with Crippen molar-refractivity contribution in [2.45, 2.75) is 285 Å². The van der Waals surface area contributed by atoms with Gasteiger partial charge in [-0.2, -0.15) is 0 Å².